The number of piperazine rings is 1. The first-order chi connectivity index (χ1) is 3.00. The third-order valence-corrected chi connectivity index (χ3v) is 0.957. The smallest absolute Gasteiger partial charge is 1.00 e. The van der Waals surface area contributed by atoms with Crippen LogP contribution in [-0.2, 0) is 17.1 Å². The van der Waals surface area contributed by atoms with Crippen LogP contribution in [0.5, 0.6) is 0 Å². The van der Waals surface area contributed by atoms with Crippen LogP contribution in [0, 0.1) is 0 Å². The molecule has 1 aliphatic heterocycles. The topological polar surface area (TPSA) is 24.1 Å². The van der Waals surface area contributed by atoms with Crippen molar-refractivity contribution in [1.29, 1.82) is 0 Å². The fourth-order valence-electron chi connectivity index (χ4n) is 0.604. The SMILES string of the molecule is C1CNCCN1.[Br-].[Br-].[Mn+2]. The van der Waals surface area contributed by atoms with E-state index in [9.17, 15) is 0 Å². The summed E-state index contributed by atoms with van der Waals surface area (Å²) in [7, 11) is 0. The molecule has 1 fully saturated rings. The number of rotatable bonds is 0. The molecule has 1 heterocycles. The molecule has 2 nitrogen and oxygen atoms in total. The number of hydrogen-bond acceptors (Lipinski definition) is 2. The summed E-state index contributed by atoms with van der Waals surface area (Å²) in [5, 5.41) is 6.44. The summed E-state index contributed by atoms with van der Waals surface area (Å²) in [5.41, 5.74) is 0. The van der Waals surface area contributed by atoms with Crippen molar-refractivity contribution in [3.8, 4) is 0 Å². The van der Waals surface area contributed by atoms with Gasteiger partial charge in [0.15, 0.2) is 0 Å². The molecule has 0 amide bonds. The molecule has 5 heteroatoms. The molecule has 0 unspecified atom stereocenters. The monoisotopic (exact) mass is 299 g/mol. The Morgan fingerprint density at radius 2 is 0.889 bits per heavy atom. The van der Waals surface area contributed by atoms with Crippen molar-refractivity contribution in [2.24, 2.45) is 0 Å². The van der Waals surface area contributed by atoms with Gasteiger partial charge >= 0.3 is 17.1 Å². The molecule has 1 aliphatic rings. The quantitative estimate of drug-likeness (QED) is 0.435. The van der Waals surface area contributed by atoms with E-state index in [0.29, 0.717) is 0 Å². The van der Waals surface area contributed by atoms with Crippen LogP contribution in [0.2, 0.25) is 0 Å². The van der Waals surface area contributed by atoms with E-state index >= 15 is 0 Å². The van der Waals surface area contributed by atoms with Gasteiger partial charge in [0.2, 0.25) is 0 Å². The molecule has 0 bridgehead atoms. The third-order valence-electron chi connectivity index (χ3n) is 0.957. The van der Waals surface area contributed by atoms with Gasteiger partial charge in [-0.15, -0.1) is 0 Å². The summed E-state index contributed by atoms with van der Waals surface area (Å²) < 4.78 is 0. The van der Waals surface area contributed by atoms with E-state index in [4.69, 9.17) is 0 Å². The van der Waals surface area contributed by atoms with Gasteiger partial charge in [-0.1, -0.05) is 0 Å². The van der Waals surface area contributed by atoms with Crippen LogP contribution in [-0.4, -0.2) is 26.2 Å². The van der Waals surface area contributed by atoms with Gasteiger partial charge < -0.3 is 44.6 Å². The van der Waals surface area contributed by atoms with Crippen molar-refractivity contribution in [3.05, 3.63) is 0 Å². The van der Waals surface area contributed by atoms with E-state index in [-0.39, 0.29) is 51.0 Å². The van der Waals surface area contributed by atoms with Crippen LogP contribution < -0.4 is 44.6 Å². The average molecular weight is 301 g/mol. The molecule has 0 atom stereocenters. The van der Waals surface area contributed by atoms with Gasteiger partial charge in [0.1, 0.15) is 0 Å². The van der Waals surface area contributed by atoms with Crippen molar-refractivity contribution < 1.29 is 51.0 Å². The average Bonchev–Trinajstić information content (AvgIpc) is 1.72. The predicted molar refractivity (Wildman–Crippen MR) is 25.7 cm³/mol. The van der Waals surface area contributed by atoms with Gasteiger partial charge in [-0.2, -0.15) is 0 Å². The fourth-order valence-corrected chi connectivity index (χ4v) is 0.604. The third kappa shape index (κ3) is 9.40. The Balaban J connectivity index is -0.000000120. The molecule has 2 N–H and O–H groups in total. The zero-order valence-electron chi connectivity index (χ0n) is 4.96. The van der Waals surface area contributed by atoms with Crippen LogP contribution in [0.4, 0.5) is 0 Å². The Hall–Kier alpha value is 1.40. The number of hydrogen-bond donors (Lipinski definition) is 2. The second-order valence-electron chi connectivity index (χ2n) is 1.50. The van der Waals surface area contributed by atoms with Crippen molar-refractivity contribution >= 4 is 0 Å². The summed E-state index contributed by atoms with van der Waals surface area (Å²) in [4.78, 5) is 0. The van der Waals surface area contributed by atoms with Crippen LogP contribution >= 0.6 is 0 Å². The molecule has 0 aromatic rings. The second kappa shape index (κ2) is 12.1. The Morgan fingerprint density at radius 1 is 0.667 bits per heavy atom. The number of halogens is 2. The maximum atomic E-state index is 3.22. The summed E-state index contributed by atoms with van der Waals surface area (Å²) in [6, 6.07) is 0. The maximum absolute atomic E-state index is 3.22. The van der Waals surface area contributed by atoms with E-state index < -0.39 is 0 Å². The Morgan fingerprint density at radius 3 is 1.00 bits per heavy atom. The van der Waals surface area contributed by atoms with E-state index in [0.717, 1.165) is 26.2 Å². The molecule has 1 saturated heterocycles. The van der Waals surface area contributed by atoms with Gasteiger partial charge in [0.25, 0.3) is 0 Å². The minimum atomic E-state index is 0. The van der Waals surface area contributed by atoms with Gasteiger partial charge in [-0.25, -0.2) is 0 Å². The van der Waals surface area contributed by atoms with Crippen LogP contribution in [0.3, 0.4) is 0 Å². The van der Waals surface area contributed by atoms with Gasteiger partial charge in [-0.3, -0.25) is 0 Å². The van der Waals surface area contributed by atoms with Crippen molar-refractivity contribution in [3.63, 3.8) is 0 Å². The molecule has 0 saturated carbocycles. The molecule has 0 aromatic carbocycles. The van der Waals surface area contributed by atoms with Gasteiger partial charge in [0, 0.05) is 26.2 Å². The Kier molecular flexibility index (Phi) is 22.6. The molecule has 57 valence electrons. The van der Waals surface area contributed by atoms with E-state index in [2.05, 4.69) is 10.6 Å². The summed E-state index contributed by atoms with van der Waals surface area (Å²) in [6.07, 6.45) is 0. The first-order valence-electron chi connectivity index (χ1n) is 2.41. The predicted octanol–water partition coefficient (Wildman–Crippen LogP) is -6.82. The largest absolute Gasteiger partial charge is 2.00 e. The summed E-state index contributed by atoms with van der Waals surface area (Å²) >= 11 is 0. The standard InChI is InChI=1S/C4H10N2.2BrH.Mn/c1-2-6-4-3-5-1;;;/h5-6H,1-4H2;2*1H;/q;;;+2/p-2. The van der Waals surface area contributed by atoms with E-state index in [1.807, 2.05) is 0 Å². The van der Waals surface area contributed by atoms with Crippen LogP contribution in [0.25, 0.3) is 0 Å². The molecule has 0 spiro atoms. The van der Waals surface area contributed by atoms with E-state index in [1.165, 1.54) is 0 Å². The number of nitrogens with one attached hydrogen (secondary N) is 2. The summed E-state index contributed by atoms with van der Waals surface area (Å²) in [6.45, 7) is 4.56. The second-order valence-corrected chi connectivity index (χ2v) is 1.50. The minimum Gasteiger partial charge on any atom is -1.00 e. The molecular weight excluding hydrogens is 291 g/mol. The van der Waals surface area contributed by atoms with Crippen molar-refractivity contribution in [1.82, 2.24) is 10.6 Å². The minimum absolute atomic E-state index is 0. The maximum Gasteiger partial charge on any atom is 2.00 e. The Bertz CT molecular complexity index is 32.0. The zero-order chi connectivity index (χ0) is 4.24. The molecular formula is C4H10Br2MnN2. The molecule has 9 heavy (non-hydrogen) atoms. The molecule has 1 radical (unpaired) electrons. The Labute approximate surface area is 87.5 Å². The molecule has 0 aromatic heterocycles. The first-order valence-corrected chi connectivity index (χ1v) is 2.41. The fraction of sp³-hybridized carbons (Fsp3) is 1.00. The van der Waals surface area contributed by atoms with Gasteiger partial charge in [-0.05, 0) is 0 Å². The van der Waals surface area contributed by atoms with Crippen molar-refractivity contribution in [2.45, 2.75) is 0 Å². The summed E-state index contributed by atoms with van der Waals surface area (Å²) in [5.74, 6) is 0. The molecule has 0 aliphatic carbocycles. The van der Waals surface area contributed by atoms with Crippen molar-refractivity contribution in [2.75, 3.05) is 26.2 Å². The van der Waals surface area contributed by atoms with Gasteiger partial charge in [0.05, 0.1) is 0 Å². The zero-order valence-corrected chi connectivity index (χ0v) is 9.31. The first kappa shape index (κ1) is 16.8. The van der Waals surface area contributed by atoms with Crippen LogP contribution in [0.15, 0.2) is 0 Å². The molecule has 1 rings (SSSR count). The normalized spacial score (nSPS) is 16.0. The van der Waals surface area contributed by atoms with E-state index in [1.54, 1.807) is 0 Å². The van der Waals surface area contributed by atoms with Crippen LogP contribution in [0.1, 0.15) is 0 Å².